The van der Waals surface area contributed by atoms with E-state index in [2.05, 4.69) is 53.0 Å². The Morgan fingerprint density at radius 2 is 1.28 bits per heavy atom. The molecule has 1 aromatic carbocycles. The Balaban J connectivity index is 0. The predicted molar refractivity (Wildman–Crippen MR) is 245 cm³/mol. The van der Waals surface area contributed by atoms with Gasteiger partial charge in [0, 0.05) is 60.3 Å². The topological polar surface area (TPSA) is 490 Å². The lowest BCUT2D eigenvalue weighted by Crippen LogP contribution is -2.47. The minimum Gasteiger partial charge on any atom is -0.480 e. The molecule has 3 rings (SSSR count). The molecule has 0 spiro atoms. The molecular weight excluding hydrogens is 883 g/mol. The molecule has 2 aliphatic heterocycles. The van der Waals surface area contributed by atoms with Crippen LogP contribution in [0.5, 0.6) is 0 Å². The summed E-state index contributed by atoms with van der Waals surface area (Å²) < 4.78 is 0. The molecule has 1 aromatic rings. The number of azide groups is 3. The molecule has 2 saturated heterocycles. The van der Waals surface area contributed by atoms with Gasteiger partial charge in [-0.15, -0.1) is 0 Å². The maximum Gasteiger partial charge on any atom is 0.322 e. The first-order chi connectivity index (χ1) is 31.3. The summed E-state index contributed by atoms with van der Waals surface area (Å²) in [5, 5.41) is 52.4. The van der Waals surface area contributed by atoms with Gasteiger partial charge in [-0.05, 0) is 66.2 Å². The smallest absolute Gasteiger partial charge is 0.322 e. The summed E-state index contributed by atoms with van der Waals surface area (Å²) in [6.45, 7) is 3.38. The van der Waals surface area contributed by atoms with Gasteiger partial charge in [0.15, 0.2) is 0 Å². The average molecular weight is 950 g/mol. The third kappa shape index (κ3) is 29.4. The number of carbonyl (C=O) groups is 7. The predicted octanol–water partition coefficient (Wildman–Crippen LogP) is 2.24. The van der Waals surface area contributed by atoms with Crippen LogP contribution in [-0.4, -0.2) is 142 Å². The molecule has 28 nitrogen and oxygen atoms in total. The number of hydrogen-bond donors (Lipinski definition) is 11. The molecule has 3 amide bonds. The van der Waals surface area contributed by atoms with Gasteiger partial charge in [-0.1, -0.05) is 73.2 Å². The molecule has 0 saturated carbocycles. The molecule has 28 heteroatoms. The third-order valence-corrected chi connectivity index (χ3v) is 9.62. The number of carbonyl (C=O) groups excluding carboxylic acids is 3. The van der Waals surface area contributed by atoms with E-state index in [0.29, 0.717) is 64.1 Å². The molecule has 15 N–H and O–H groups in total. The van der Waals surface area contributed by atoms with Crippen LogP contribution >= 0.6 is 0 Å². The van der Waals surface area contributed by atoms with Gasteiger partial charge in [0.25, 0.3) is 0 Å². The maximum absolute atomic E-state index is 11.6. The minimum atomic E-state index is -1.17. The number of nitrogens with zero attached hydrogens (tertiary/aromatic N) is 10. The second-order valence-corrected chi connectivity index (χ2v) is 15.0. The molecule has 2 heterocycles. The Hall–Kier alpha value is -6.76. The molecule has 2 fully saturated rings. The number of carboxylic acids is 4. The van der Waals surface area contributed by atoms with E-state index in [1.807, 2.05) is 0 Å². The zero-order chi connectivity index (χ0) is 50.0. The van der Waals surface area contributed by atoms with E-state index in [1.165, 1.54) is 4.90 Å². The first-order valence-electron chi connectivity index (χ1n) is 21.0. The number of carboxylic acid groups (broad SMARTS) is 4. The van der Waals surface area contributed by atoms with E-state index < -0.39 is 60.1 Å². The summed E-state index contributed by atoms with van der Waals surface area (Å²) in [7, 11) is 0. The fourth-order valence-electron chi connectivity index (χ4n) is 5.71. The molecule has 0 aromatic heterocycles. The van der Waals surface area contributed by atoms with Gasteiger partial charge in [-0.3, -0.25) is 28.8 Å². The highest BCUT2D eigenvalue weighted by atomic mass is 16.4. The average Bonchev–Trinajstić information content (AvgIpc) is 3.97. The quantitative estimate of drug-likeness (QED) is 0.0306. The number of urea groups is 1. The van der Waals surface area contributed by atoms with Crippen LogP contribution in [0.25, 0.3) is 31.3 Å². The van der Waals surface area contributed by atoms with E-state index >= 15 is 0 Å². The number of benzene rings is 1. The number of nitrogens with one attached hydrogen (secondary N) is 3. The number of rotatable bonds is 24. The Kier molecular flexibility index (Phi) is 33.9. The molecule has 374 valence electrons. The number of ketones is 1. The second kappa shape index (κ2) is 36.5. The fourth-order valence-corrected chi connectivity index (χ4v) is 5.71. The number of likely N-dealkylation sites (tertiary alicyclic amines) is 1. The van der Waals surface area contributed by atoms with Crippen molar-refractivity contribution in [1.82, 2.24) is 20.9 Å². The van der Waals surface area contributed by atoms with Gasteiger partial charge in [-0.25, -0.2) is 4.79 Å². The van der Waals surface area contributed by atoms with Crippen LogP contribution in [0.4, 0.5) is 4.79 Å². The van der Waals surface area contributed by atoms with E-state index in [1.54, 1.807) is 24.3 Å². The van der Waals surface area contributed by atoms with Crippen molar-refractivity contribution in [3.05, 3.63) is 66.7 Å². The molecular formula is C39H67N17O11. The van der Waals surface area contributed by atoms with Crippen molar-refractivity contribution >= 4 is 41.6 Å². The number of Topliss-reactive ketones (excluding diaryl/α,β-unsaturated/α-hetero) is 1. The van der Waals surface area contributed by atoms with Gasteiger partial charge < -0.3 is 64.2 Å². The molecule has 0 radical (unpaired) electrons. The lowest BCUT2D eigenvalue weighted by Gasteiger charge is -2.17. The largest absolute Gasteiger partial charge is 0.480 e. The van der Waals surface area contributed by atoms with E-state index in [9.17, 15) is 33.6 Å². The maximum atomic E-state index is 11.6. The molecule has 2 aliphatic rings. The number of hydrogen-bond acceptors (Lipinski definition) is 15. The summed E-state index contributed by atoms with van der Waals surface area (Å²) in [4.78, 5) is 85.7. The van der Waals surface area contributed by atoms with Crippen LogP contribution in [0.15, 0.2) is 39.6 Å². The van der Waals surface area contributed by atoms with Crippen LogP contribution in [0, 0.1) is 0 Å². The zero-order valence-corrected chi connectivity index (χ0v) is 36.8. The van der Waals surface area contributed by atoms with Gasteiger partial charge in [0.2, 0.25) is 5.91 Å². The summed E-state index contributed by atoms with van der Waals surface area (Å²) in [5.74, 6) is -4.31. The van der Waals surface area contributed by atoms with Crippen molar-refractivity contribution in [2.75, 3.05) is 32.7 Å². The van der Waals surface area contributed by atoms with Crippen molar-refractivity contribution in [3.63, 3.8) is 0 Å². The van der Waals surface area contributed by atoms with Gasteiger partial charge in [0.1, 0.15) is 30.0 Å². The molecule has 0 aliphatic carbocycles. The Morgan fingerprint density at radius 3 is 1.82 bits per heavy atom. The highest BCUT2D eigenvalue weighted by molar-refractivity contribution is 5.83. The zero-order valence-electron chi connectivity index (χ0n) is 36.8. The number of aliphatic carboxylic acids is 4. The van der Waals surface area contributed by atoms with Crippen LogP contribution < -0.4 is 38.9 Å². The SMILES string of the molecule is C.CCCCC(=O)CCCCC[C@H](N)C(=O)O.[N-]=[N+]=NC1CCN(C(=O)NC[C@H](N)C(=O)O)C1.[N-]=[N+]=NC1CNC(C(=O)NC[C@H](N)C(=O)O)C1.[N-]=[N+]=NCc1ccc(C[C@H](N)C(=O)O)cc1. The monoisotopic (exact) mass is 950 g/mol. The summed E-state index contributed by atoms with van der Waals surface area (Å²) in [5.41, 5.74) is 47.6. The Bertz CT molecular complexity index is 1790. The van der Waals surface area contributed by atoms with Crippen molar-refractivity contribution in [2.24, 2.45) is 38.3 Å². The van der Waals surface area contributed by atoms with Crippen LogP contribution in [-0.2, 0) is 41.7 Å². The summed E-state index contributed by atoms with van der Waals surface area (Å²) in [6, 6.07) is 1.96. The number of nitrogens with two attached hydrogens (primary N) is 4. The lowest BCUT2D eigenvalue weighted by atomic mass is 10.0. The third-order valence-electron chi connectivity index (χ3n) is 9.62. The standard InChI is InChI=1S/C12H23NO3.C10H12N4O2.2C8H14N6O3.CH4/c1-2-3-7-10(14)8-5-4-6-9-11(13)12(15)16;11-9(10(15)16)5-7-1-3-8(4-2-7)6-13-14-12;9-5(8(16)17)3-12-7(15)6-1-4(2-11-6)13-14-10;9-6(7(15)16)3-11-8(17)14-2-1-5(4-14)12-13-10;/h11H,2-9,13H2,1H3,(H,15,16);1-4,9H,5-6,11H2,(H,15,16);4-6,11H,1-3,9H2,(H,12,15)(H,16,17);5-6H,1-4,9H2,(H,11,17)(H,15,16);1H4/t11-;9-;4?,5-,6?;5?,6-;/m0000./s1. The van der Waals surface area contributed by atoms with Crippen molar-refractivity contribution in [1.29, 1.82) is 0 Å². The molecule has 7 atom stereocenters. The fraction of sp³-hybridized carbons (Fsp3) is 0.667. The van der Waals surface area contributed by atoms with Gasteiger partial charge >= 0.3 is 29.9 Å². The van der Waals surface area contributed by atoms with E-state index in [4.69, 9.17) is 60.0 Å². The number of unbranched alkanes of at least 4 members (excludes halogenated alkanes) is 3. The van der Waals surface area contributed by atoms with E-state index in [-0.39, 0.29) is 44.9 Å². The first kappa shape index (κ1) is 62.3. The molecule has 0 bridgehead atoms. The Labute approximate surface area is 387 Å². The highest BCUT2D eigenvalue weighted by Gasteiger charge is 2.29. The van der Waals surface area contributed by atoms with Crippen LogP contribution in [0.3, 0.4) is 0 Å². The molecule has 3 unspecified atom stereocenters. The second-order valence-electron chi connectivity index (χ2n) is 15.0. The Morgan fingerprint density at radius 1 is 0.746 bits per heavy atom. The van der Waals surface area contributed by atoms with Crippen molar-refractivity contribution in [2.45, 2.75) is 134 Å². The van der Waals surface area contributed by atoms with Crippen LogP contribution in [0.1, 0.15) is 89.7 Å². The van der Waals surface area contributed by atoms with Crippen LogP contribution in [0.2, 0.25) is 0 Å². The van der Waals surface area contributed by atoms with Gasteiger partial charge in [0.05, 0.1) is 24.7 Å². The number of amides is 3. The van der Waals surface area contributed by atoms with Gasteiger partial charge in [-0.2, -0.15) is 0 Å². The summed E-state index contributed by atoms with van der Waals surface area (Å²) >= 11 is 0. The highest BCUT2D eigenvalue weighted by Crippen LogP contribution is 2.13. The molecule has 67 heavy (non-hydrogen) atoms. The first-order valence-corrected chi connectivity index (χ1v) is 21.0. The normalized spacial score (nSPS) is 17.2. The van der Waals surface area contributed by atoms with E-state index in [0.717, 1.165) is 43.2 Å². The van der Waals surface area contributed by atoms with Crippen molar-refractivity contribution in [3.8, 4) is 0 Å². The summed E-state index contributed by atoms with van der Waals surface area (Å²) in [6.07, 6.45) is 7.67. The lowest BCUT2D eigenvalue weighted by molar-refractivity contribution is -0.139. The minimum absolute atomic E-state index is 0. The van der Waals surface area contributed by atoms with Crippen molar-refractivity contribution < 1.29 is 54.0 Å².